The van der Waals surface area contributed by atoms with Crippen LogP contribution in [-0.4, -0.2) is 42.0 Å². The van der Waals surface area contributed by atoms with Crippen molar-refractivity contribution < 1.29 is 4.79 Å². The number of nitrogen functional groups attached to an aromatic ring is 1. The van der Waals surface area contributed by atoms with E-state index in [0.717, 1.165) is 48.4 Å². The van der Waals surface area contributed by atoms with Crippen LogP contribution in [-0.2, 0) is 0 Å². The first-order chi connectivity index (χ1) is 10.6. The van der Waals surface area contributed by atoms with E-state index in [4.69, 9.17) is 5.73 Å². The van der Waals surface area contributed by atoms with Crippen LogP contribution in [0.1, 0.15) is 29.3 Å². The second kappa shape index (κ2) is 6.22. The number of nitrogens with zero attached hydrogens (tertiary/aromatic N) is 2. The number of rotatable bonds is 4. The number of likely N-dealkylation sites (tertiary alicyclic amines) is 1. The Labute approximate surface area is 134 Å². The van der Waals surface area contributed by atoms with Crippen molar-refractivity contribution in [1.82, 2.24) is 15.2 Å². The zero-order valence-electron chi connectivity index (χ0n) is 13.1. The second-order valence-corrected chi connectivity index (χ2v) is 7.01. The van der Waals surface area contributed by atoms with E-state index in [9.17, 15) is 4.79 Å². The number of carbonyl (C=O) groups excluding carboxylic acids is 1. The predicted octanol–water partition coefficient (Wildman–Crippen LogP) is 2.26. The Morgan fingerprint density at radius 2 is 2.36 bits per heavy atom. The molecule has 0 spiro atoms. The number of aryl methyl sites for hydroxylation is 1. The van der Waals surface area contributed by atoms with E-state index in [2.05, 4.69) is 22.1 Å². The molecule has 0 saturated carbocycles. The quantitative estimate of drug-likeness (QED) is 0.907. The number of aromatic nitrogens is 1. The van der Waals surface area contributed by atoms with Gasteiger partial charge in [-0.2, -0.15) is 0 Å². The number of fused-ring (bicyclic) bond motifs is 1. The lowest BCUT2D eigenvalue weighted by Crippen LogP contribution is -2.31. The molecule has 22 heavy (non-hydrogen) atoms. The van der Waals surface area contributed by atoms with Crippen LogP contribution in [0.15, 0.2) is 12.1 Å². The zero-order valence-corrected chi connectivity index (χ0v) is 13.9. The third kappa shape index (κ3) is 3.08. The molecule has 1 aliphatic rings. The second-order valence-electron chi connectivity index (χ2n) is 5.95. The van der Waals surface area contributed by atoms with E-state index in [1.807, 2.05) is 19.1 Å². The number of amides is 1. The Hall–Kier alpha value is -1.66. The molecule has 1 fully saturated rings. The maximum Gasteiger partial charge on any atom is 0.251 e. The van der Waals surface area contributed by atoms with Gasteiger partial charge in [-0.25, -0.2) is 4.98 Å². The number of hydrogen-bond donors (Lipinski definition) is 2. The number of nitrogens with one attached hydrogen (secondary N) is 1. The minimum absolute atomic E-state index is 0.00748. The number of hydrogen-bond acceptors (Lipinski definition) is 5. The molecule has 5 nitrogen and oxygen atoms in total. The van der Waals surface area contributed by atoms with Gasteiger partial charge in [-0.3, -0.25) is 4.79 Å². The minimum Gasteiger partial charge on any atom is -0.375 e. The van der Waals surface area contributed by atoms with Crippen LogP contribution < -0.4 is 11.1 Å². The molecule has 6 heteroatoms. The highest BCUT2D eigenvalue weighted by atomic mass is 32.1. The summed E-state index contributed by atoms with van der Waals surface area (Å²) in [5.41, 5.74) is 8.34. The Kier molecular flexibility index (Phi) is 4.31. The monoisotopic (exact) mass is 318 g/mol. The number of nitrogens with two attached hydrogens (primary N) is 1. The highest BCUT2D eigenvalue weighted by Crippen LogP contribution is 2.27. The standard InChI is InChI=1S/C16H22N4OS/c1-3-20-5-4-11(9-20)8-18-15(21)12-6-10(2)14-13(7-12)22-16(17)19-14/h6-7,11H,3-5,8-9H2,1-2H3,(H2,17,19)(H,18,21)/t11-/m1/s1. The van der Waals surface area contributed by atoms with Crippen LogP contribution in [0.2, 0.25) is 0 Å². The van der Waals surface area contributed by atoms with E-state index < -0.39 is 0 Å². The summed E-state index contributed by atoms with van der Waals surface area (Å²) in [6, 6.07) is 3.78. The van der Waals surface area contributed by atoms with Crippen LogP contribution in [0.5, 0.6) is 0 Å². The van der Waals surface area contributed by atoms with Crippen molar-refractivity contribution in [2.45, 2.75) is 20.3 Å². The fourth-order valence-corrected chi connectivity index (χ4v) is 3.90. The summed E-state index contributed by atoms with van der Waals surface area (Å²) in [6.07, 6.45) is 1.16. The molecule has 118 valence electrons. The summed E-state index contributed by atoms with van der Waals surface area (Å²) in [5.74, 6) is 0.555. The first kappa shape index (κ1) is 15.2. The summed E-state index contributed by atoms with van der Waals surface area (Å²) in [6.45, 7) is 8.21. The fourth-order valence-electron chi connectivity index (χ4n) is 3.05. The van der Waals surface area contributed by atoms with Crippen molar-refractivity contribution >= 4 is 32.6 Å². The van der Waals surface area contributed by atoms with E-state index >= 15 is 0 Å². The van der Waals surface area contributed by atoms with E-state index in [1.165, 1.54) is 11.3 Å². The molecule has 0 bridgehead atoms. The van der Waals surface area contributed by atoms with E-state index in [1.54, 1.807) is 0 Å². The average Bonchev–Trinajstić information content (AvgIpc) is 3.10. The maximum absolute atomic E-state index is 12.4. The first-order valence-corrected chi connectivity index (χ1v) is 8.55. The third-order valence-electron chi connectivity index (χ3n) is 4.33. The molecule has 0 aliphatic carbocycles. The molecule has 1 atom stereocenters. The predicted molar refractivity (Wildman–Crippen MR) is 91.3 cm³/mol. The fraction of sp³-hybridized carbons (Fsp3) is 0.500. The smallest absolute Gasteiger partial charge is 0.251 e. The summed E-state index contributed by atoms with van der Waals surface area (Å²) >= 11 is 1.42. The largest absolute Gasteiger partial charge is 0.375 e. The van der Waals surface area contributed by atoms with Crippen LogP contribution in [0.25, 0.3) is 10.2 Å². The summed E-state index contributed by atoms with van der Waals surface area (Å²) in [7, 11) is 0. The maximum atomic E-state index is 12.4. The van der Waals surface area contributed by atoms with Crippen molar-refractivity contribution in [1.29, 1.82) is 0 Å². The number of anilines is 1. The molecule has 1 aromatic carbocycles. The lowest BCUT2D eigenvalue weighted by Gasteiger charge is -2.14. The summed E-state index contributed by atoms with van der Waals surface area (Å²) in [5, 5.41) is 3.61. The molecule has 1 amide bonds. The number of benzene rings is 1. The topological polar surface area (TPSA) is 71.2 Å². The molecule has 2 heterocycles. The Morgan fingerprint density at radius 1 is 1.55 bits per heavy atom. The molecule has 0 radical (unpaired) electrons. The molecule has 1 aliphatic heterocycles. The van der Waals surface area contributed by atoms with Gasteiger partial charge in [-0.1, -0.05) is 18.3 Å². The molecule has 3 N–H and O–H groups in total. The van der Waals surface area contributed by atoms with Crippen LogP contribution in [0, 0.1) is 12.8 Å². The normalized spacial score (nSPS) is 18.9. The van der Waals surface area contributed by atoms with Gasteiger partial charge in [-0.05, 0) is 50.0 Å². The highest BCUT2D eigenvalue weighted by molar-refractivity contribution is 7.22. The molecule has 0 unspecified atom stereocenters. The zero-order chi connectivity index (χ0) is 15.7. The van der Waals surface area contributed by atoms with Gasteiger partial charge in [0.15, 0.2) is 5.13 Å². The van der Waals surface area contributed by atoms with Gasteiger partial charge in [0, 0.05) is 18.7 Å². The lowest BCUT2D eigenvalue weighted by atomic mass is 10.1. The lowest BCUT2D eigenvalue weighted by molar-refractivity contribution is 0.0947. The van der Waals surface area contributed by atoms with Gasteiger partial charge in [0.25, 0.3) is 5.91 Å². The van der Waals surface area contributed by atoms with Gasteiger partial charge in [0.2, 0.25) is 0 Å². The van der Waals surface area contributed by atoms with Gasteiger partial charge in [0.1, 0.15) is 0 Å². The SMILES string of the molecule is CCN1CC[C@H](CNC(=O)c2cc(C)c3nc(N)sc3c2)C1. The van der Waals surface area contributed by atoms with Gasteiger partial charge >= 0.3 is 0 Å². The van der Waals surface area contributed by atoms with Crippen molar-refractivity contribution in [2.75, 3.05) is 31.9 Å². The van der Waals surface area contributed by atoms with Crippen LogP contribution >= 0.6 is 11.3 Å². The Balaban J connectivity index is 1.67. The van der Waals surface area contributed by atoms with Crippen LogP contribution in [0.3, 0.4) is 0 Å². The molecule has 1 aromatic heterocycles. The number of thiazole rings is 1. The summed E-state index contributed by atoms with van der Waals surface area (Å²) in [4.78, 5) is 19.1. The number of carbonyl (C=O) groups is 1. The third-order valence-corrected chi connectivity index (χ3v) is 5.16. The molecule has 1 saturated heterocycles. The van der Waals surface area contributed by atoms with Crippen molar-refractivity contribution in [3.05, 3.63) is 23.3 Å². The average molecular weight is 318 g/mol. The molecular weight excluding hydrogens is 296 g/mol. The molecular formula is C16H22N4OS. The van der Waals surface area contributed by atoms with E-state index in [-0.39, 0.29) is 5.91 Å². The Bertz CT molecular complexity index is 697. The molecule has 3 rings (SSSR count). The Morgan fingerprint density at radius 3 is 3.09 bits per heavy atom. The van der Waals surface area contributed by atoms with Crippen molar-refractivity contribution in [3.8, 4) is 0 Å². The van der Waals surface area contributed by atoms with Crippen molar-refractivity contribution in [2.24, 2.45) is 5.92 Å². The highest BCUT2D eigenvalue weighted by Gasteiger charge is 2.21. The molecule has 2 aromatic rings. The summed E-state index contributed by atoms with van der Waals surface area (Å²) < 4.78 is 0.973. The van der Waals surface area contributed by atoms with Gasteiger partial charge in [-0.15, -0.1) is 0 Å². The first-order valence-electron chi connectivity index (χ1n) is 7.74. The minimum atomic E-state index is -0.00748. The van der Waals surface area contributed by atoms with Gasteiger partial charge in [0.05, 0.1) is 10.2 Å². The van der Waals surface area contributed by atoms with E-state index in [0.29, 0.717) is 16.6 Å². The van der Waals surface area contributed by atoms with Gasteiger partial charge < -0.3 is 16.0 Å². The van der Waals surface area contributed by atoms with Crippen molar-refractivity contribution in [3.63, 3.8) is 0 Å². The van der Waals surface area contributed by atoms with Crippen LogP contribution in [0.4, 0.5) is 5.13 Å².